The summed E-state index contributed by atoms with van der Waals surface area (Å²) in [5, 5.41) is 9.12. The second-order valence-corrected chi connectivity index (χ2v) is 5.29. The van der Waals surface area contributed by atoms with Crippen LogP contribution in [0.15, 0.2) is 53.5 Å². The molecule has 0 saturated carbocycles. The van der Waals surface area contributed by atoms with E-state index in [1.165, 1.54) is 19.1 Å². The highest BCUT2D eigenvalue weighted by Gasteiger charge is 2.01. The van der Waals surface area contributed by atoms with Crippen LogP contribution in [-0.4, -0.2) is 18.9 Å². The fourth-order valence-corrected chi connectivity index (χ4v) is 2.16. The fourth-order valence-electron chi connectivity index (χ4n) is 2.16. The summed E-state index contributed by atoms with van der Waals surface area (Å²) >= 11 is 0. The molecule has 0 aromatic heterocycles. The highest BCUT2D eigenvalue weighted by molar-refractivity contribution is 14.0. The van der Waals surface area contributed by atoms with Gasteiger partial charge in [0.25, 0.3) is 0 Å². The molecule has 5 nitrogen and oxygen atoms in total. The summed E-state index contributed by atoms with van der Waals surface area (Å²) in [5.41, 5.74) is 2.74. The molecule has 7 heteroatoms. The van der Waals surface area contributed by atoms with Crippen LogP contribution in [0.5, 0.6) is 0 Å². The van der Waals surface area contributed by atoms with Crippen molar-refractivity contribution in [3.8, 4) is 0 Å². The standard InChI is InChI=1S/C18H21FN4O.HI/c1-13(24)23-17-5-3-4-15(10-17)12-22-18(20-2)21-11-14-6-8-16(19)9-7-14;/h3-10H,11-12H2,1-2H3,(H,23,24)(H2,20,21,22);1H. The molecule has 2 rings (SSSR count). The number of hydrogen-bond acceptors (Lipinski definition) is 2. The molecule has 2 aromatic rings. The number of aliphatic imine (C=N–C) groups is 1. The molecule has 0 unspecified atom stereocenters. The molecule has 0 aliphatic carbocycles. The molecular weight excluding hydrogens is 434 g/mol. The van der Waals surface area contributed by atoms with Crippen molar-refractivity contribution < 1.29 is 9.18 Å². The quantitative estimate of drug-likeness (QED) is 0.368. The van der Waals surface area contributed by atoms with Gasteiger partial charge in [0.2, 0.25) is 5.91 Å². The summed E-state index contributed by atoms with van der Waals surface area (Å²) in [5.74, 6) is 0.293. The number of anilines is 1. The van der Waals surface area contributed by atoms with Crippen LogP contribution < -0.4 is 16.0 Å². The molecule has 0 heterocycles. The lowest BCUT2D eigenvalue weighted by molar-refractivity contribution is -0.114. The van der Waals surface area contributed by atoms with Crippen LogP contribution >= 0.6 is 24.0 Å². The van der Waals surface area contributed by atoms with Gasteiger partial charge in [0.05, 0.1) is 0 Å². The SMILES string of the molecule is CN=C(NCc1ccc(F)cc1)NCc1cccc(NC(C)=O)c1.I. The lowest BCUT2D eigenvalue weighted by Gasteiger charge is -2.12. The van der Waals surface area contributed by atoms with Gasteiger partial charge in [0, 0.05) is 32.7 Å². The maximum Gasteiger partial charge on any atom is 0.221 e. The maximum absolute atomic E-state index is 12.9. The van der Waals surface area contributed by atoms with E-state index in [2.05, 4.69) is 20.9 Å². The summed E-state index contributed by atoms with van der Waals surface area (Å²) in [4.78, 5) is 15.3. The average molecular weight is 456 g/mol. The first-order chi connectivity index (χ1) is 11.6. The summed E-state index contributed by atoms with van der Waals surface area (Å²) in [6.45, 7) is 2.59. The van der Waals surface area contributed by atoms with E-state index in [4.69, 9.17) is 0 Å². The molecular formula is C18H22FIN4O. The largest absolute Gasteiger partial charge is 0.352 e. The van der Waals surface area contributed by atoms with Crippen LogP contribution in [0.25, 0.3) is 0 Å². The molecule has 0 aliphatic rings. The van der Waals surface area contributed by atoms with Crippen molar-refractivity contribution in [2.45, 2.75) is 20.0 Å². The van der Waals surface area contributed by atoms with Crippen molar-refractivity contribution >= 4 is 41.5 Å². The topological polar surface area (TPSA) is 65.5 Å². The average Bonchev–Trinajstić information content (AvgIpc) is 2.56. The monoisotopic (exact) mass is 456 g/mol. The van der Waals surface area contributed by atoms with E-state index in [9.17, 15) is 9.18 Å². The van der Waals surface area contributed by atoms with E-state index >= 15 is 0 Å². The third-order valence-corrected chi connectivity index (χ3v) is 3.30. The molecule has 0 fully saturated rings. The molecule has 0 saturated heterocycles. The van der Waals surface area contributed by atoms with E-state index in [1.807, 2.05) is 24.3 Å². The molecule has 25 heavy (non-hydrogen) atoms. The summed E-state index contributed by atoms with van der Waals surface area (Å²) in [6.07, 6.45) is 0. The molecule has 134 valence electrons. The highest BCUT2D eigenvalue weighted by atomic mass is 127. The van der Waals surface area contributed by atoms with Crippen LogP contribution in [0.3, 0.4) is 0 Å². The van der Waals surface area contributed by atoms with Crippen molar-refractivity contribution in [3.63, 3.8) is 0 Å². The van der Waals surface area contributed by atoms with Crippen molar-refractivity contribution in [1.29, 1.82) is 0 Å². The van der Waals surface area contributed by atoms with E-state index in [1.54, 1.807) is 19.2 Å². The van der Waals surface area contributed by atoms with Crippen LogP contribution in [0.2, 0.25) is 0 Å². The molecule has 1 amide bonds. The minimum absolute atomic E-state index is 0. The van der Waals surface area contributed by atoms with Gasteiger partial charge in [0.15, 0.2) is 5.96 Å². The van der Waals surface area contributed by atoms with Crippen molar-refractivity contribution in [2.24, 2.45) is 4.99 Å². The smallest absolute Gasteiger partial charge is 0.221 e. The number of benzene rings is 2. The molecule has 2 aromatic carbocycles. The Morgan fingerprint density at radius 3 is 2.28 bits per heavy atom. The lowest BCUT2D eigenvalue weighted by atomic mass is 10.2. The number of guanidine groups is 1. The van der Waals surface area contributed by atoms with Crippen LogP contribution in [0, 0.1) is 5.82 Å². The van der Waals surface area contributed by atoms with Gasteiger partial charge in [-0.1, -0.05) is 24.3 Å². The van der Waals surface area contributed by atoms with Crippen molar-refractivity contribution in [3.05, 3.63) is 65.5 Å². The predicted molar refractivity (Wildman–Crippen MR) is 110 cm³/mol. The van der Waals surface area contributed by atoms with Crippen LogP contribution in [0.1, 0.15) is 18.1 Å². The van der Waals surface area contributed by atoms with Gasteiger partial charge in [-0.05, 0) is 35.4 Å². The zero-order chi connectivity index (χ0) is 17.4. The van der Waals surface area contributed by atoms with Gasteiger partial charge in [-0.25, -0.2) is 4.39 Å². The molecule has 0 aliphatic heterocycles. The zero-order valence-corrected chi connectivity index (χ0v) is 16.5. The van der Waals surface area contributed by atoms with Gasteiger partial charge in [-0.15, -0.1) is 24.0 Å². The first-order valence-electron chi connectivity index (χ1n) is 7.62. The number of nitrogens with one attached hydrogen (secondary N) is 3. The molecule has 0 bridgehead atoms. The second kappa shape index (κ2) is 10.7. The molecule has 3 N–H and O–H groups in total. The summed E-state index contributed by atoms with van der Waals surface area (Å²) < 4.78 is 12.9. The van der Waals surface area contributed by atoms with Crippen molar-refractivity contribution in [2.75, 3.05) is 12.4 Å². The first-order valence-corrected chi connectivity index (χ1v) is 7.62. The van der Waals surface area contributed by atoms with E-state index < -0.39 is 0 Å². The maximum atomic E-state index is 12.9. The first kappa shape index (κ1) is 20.9. The van der Waals surface area contributed by atoms with Gasteiger partial charge in [-0.2, -0.15) is 0 Å². The van der Waals surface area contributed by atoms with E-state index in [0.29, 0.717) is 19.0 Å². The lowest BCUT2D eigenvalue weighted by Crippen LogP contribution is -2.36. The minimum atomic E-state index is -0.250. The second-order valence-electron chi connectivity index (χ2n) is 5.29. The minimum Gasteiger partial charge on any atom is -0.352 e. The predicted octanol–water partition coefficient (Wildman–Crippen LogP) is 3.27. The number of nitrogens with zero attached hydrogens (tertiary/aromatic N) is 1. The molecule has 0 radical (unpaired) electrons. The Bertz CT molecular complexity index is 719. The van der Waals surface area contributed by atoms with E-state index in [-0.39, 0.29) is 35.7 Å². The third-order valence-electron chi connectivity index (χ3n) is 3.30. The number of hydrogen-bond donors (Lipinski definition) is 3. The Morgan fingerprint density at radius 1 is 1.04 bits per heavy atom. The highest BCUT2D eigenvalue weighted by Crippen LogP contribution is 2.10. The normalized spacial score (nSPS) is 10.6. The number of rotatable bonds is 5. The van der Waals surface area contributed by atoms with Gasteiger partial charge in [-0.3, -0.25) is 9.79 Å². The fraction of sp³-hybridized carbons (Fsp3) is 0.222. The Hall–Kier alpha value is -2.16. The summed E-state index contributed by atoms with van der Waals surface area (Å²) in [6, 6.07) is 13.9. The van der Waals surface area contributed by atoms with Gasteiger partial charge >= 0.3 is 0 Å². The van der Waals surface area contributed by atoms with Gasteiger partial charge < -0.3 is 16.0 Å². The van der Waals surface area contributed by atoms with Gasteiger partial charge in [0.1, 0.15) is 5.82 Å². The third kappa shape index (κ3) is 7.51. The van der Waals surface area contributed by atoms with Crippen LogP contribution in [0.4, 0.5) is 10.1 Å². The Kier molecular flexibility index (Phi) is 8.90. The van der Waals surface area contributed by atoms with Crippen LogP contribution in [-0.2, 0) is 17.9 Å². The zero-order valence-electron chi connectivity index (χ0n) is 14.2. The number of halogens is 2. The molecule has 0 spiro atoms. The van der Waals surface area contributed by atoms with Crippen molar-refractivity contribution in [1.82, 2.24) is 10.6 Å². The van der Waals surface area contributed by atoms with E-state index in [0.717, 1.165) is 16.8 Å². The Labute approximate surface area is 164 Å². The summed E-state index contributed by atoms with van der Waals surface area (Å²) in [7, 11) is 1.69. The number of amides is 1. The Morgan fingerprint density at radius 2 is 1.68 bits per heavy atom. The number of carbonyl (C=O) groups excluding carboxylic acids is 1. The Balaban J connectivity index is 0.00000312. The molecule has 0 atom stereocenters. The number of carbonyl (C=O) groups is 1.